The lowest BCUT2D eigenvalue weighted by molar-refractivity contribution is -0.264. The van der Waals surface area contributed by atoms with E-state index in [1.807, 2.05) is 6.08 Å². The van der Waals surface area contributed by atoms with Crippen molar-refractivity contribution in [2.45, 2.75) is 83.7 Å². The van der Waals surface area contributed by atoms with Crippen molar-refractivity contribution in [2.75, 3.05) is 7.11 Å². The number of hydrogen-bond acceptors (Lipinski definition) is 4. The number of methoxy groups -OCH3 is 1. The summed E-state index contributed by atoms with van der Waals surface area (Å²) < 4.78 is 4.60. The topological polar surface area (TPSA) is 55.8 Å². The van der Waals surface area contributed by atoms with E-state index in [1.165, 1.54) is 26.4 Å². The minimum atomic E-state index is -0.253. The van der Waals surface area contributed by atoms with E-state index in [4.69, 9.17) is 5.26 Å². The largest absolute Gasteiger partial charge is 0.469 e. The SMILES string of the molecule is CCCCCC=CCC(C=CCCCCCCC(=O)OC)OO. The molecule has 1 N–H and O–H groups in total. The van der Waals surface area contributed by atoms with Gasteiger partial charge in [-0.05, 0) is 38.5 Å². The zero-order valence-corrected chi connectivity index (χ0v) is 14.8. The van der Waals surface area contributed by atoms with Crippen molar-refractivity contribution >= 4 is 5.97 Å². The third-order valence-corrected chi connectivity index (χ3v) is 3.72. The van der Waals surface area contributed by atoms with Gasteiger partial charge in [0.2, 0.25) is 0 Å². The zero-order valence-electron chi connectivity index (χ0n) is 14.8. The van der Waals surface area contributed by atoms with Crippen LogP contribution < -0.4 is 0 Å². The Labute approximate surface area is 141 Å². The fraction of sp³-hybridized carbons (Fsp3) is 0.737. The maximum Gasteiger partial charge on any atom is 0.305 e. The molecule has 0 saturated heterocycles. The van der Waals surface area contributed by atoms with Crippen molar-refractivity contribution in [3.63, 3.8) is 0 Å². The van der Waals surface area contributed by atoms with Crippen LogP contribution in [0.2, 0.25) is 0 Å². The van der Waals surface area contributed by atoms with Gasteiger partial charge in [-0.15, -0.1) is 0 Å². The molecule has 0 amide bonds. The Morgan fingerprint density at radius 3 is 2.39 bits per heavy atom. The lowest BCUT2D eigenvalue weighted by Gasteiger charge is -2.05. The molecule has 0 aliphatic heterocycles. The van der Waals surface area contributed by atoms with Crippen molar-refractivity contribution in [2.24, 2.45) is 0 Å². The van der Waals surface area contributed by atoms with E-state index in [0.717, 1.165) is 38.5 Å². The normalized spacial score (nSPS) is 13.0. The molecule has 0 aliphatic carbocycles. The van der Waals surface area contributed by atoms with E-state index in [-0.39, 0.29) is 12.1 Å². The Morgan fingerprint density at radius 2 is 1.70 bits per heavy atom. The second-order valence-corrected chi connectivity index (χ2v) is 5.80. The molecule has 1 unspecified atom stereocenters. The van der Waals surface area contributed by atoms with Crippen LogP contribution in [0.15, 0.2) is 24.3 Å². The minimum absolute atomic E-state index is 0.129. The summed E-state index contributed by atoms with van der Waals surface area (Å²) in [5, 5.41) is 8.89. The van der Waals surface area contributed by atoms with Gasteiger partial charge in [0.25, 0.3) is 0 Å². The smallest absolute Gasteiger partial charge is 0.305 e. The Morgan fingerprint density at radius 1 is 1.00 bits per heavy atom. The van der Waals surface area contributed by atoms with Crippen LogP contribution in [-0.2, 0) is 14.4 Å². The van der Waals surface area contributed by atoms with Gasteiger partial charge in [0.15, 0.2) is 0 Å². The summed E-state index contributed by atoms with van der Waals surface area (Å²) in [6, 6.07) is 0. The molecule has 1 atom stereocenters. The number of rotatable bonds is 15. The lowest BCUT2D eigenvalue weighted by atomic mass is 10.1. The van der Waals surface area contributed by atoms with Gasteiger partial charge in [-0.1, -0.05) is 56.9 Å². The summed E-state index contributed by atoms with van der Waals surface area (Å²) >= 11 is 0. The van der Waals surface area contributed by atoms with E-state index < -0.39 is 0 Å². The molecule has 0 fully saturated rings. The van der Waals surface area contributed by atoms with Gasteiger partial charge in [-0.25, -0.2) is 4.89 Å². The van der Waals surface area contributed by atoms with Gasteiger partial charge in [0.05, 0.1) is 7.11 Å². The van der Waals surface area contributed by atoms with Gasteiger partial charge in [0.1, 0.15) is 6.10 Å². The first-order valence-corrected chi connectivity index (χ1v) is 8.93. The molecule has 0 rings (SSSR count). The van der Waals surface area contributed by atoms with Crippen molar-refractivity contribution in [3.05, 3.63) is 24.3 Å². The third-order valence-electron chi connectivity index (χ3n) is 3.72. The van der Waals surface area contributed by atoms with Gasteiger partial charge in [0, 0.05) is 6.42 Å². The summed E-state index contributed by atoms with van der Waals surface area (Å²) in [6.45, 7) is 2.20. The first-order chi connectivity index (χ1) is 11.2. The number of esters is 1. The summed E-state index contributed by atoms with van der Waals surface area (Å²) in [6.07, 6.45) is 19.1. The second kappa shape index (κ2) is 17.2. The maximum atomic E-state index is 10.9. The molecule has 0 aliphatic rings. The predicted molar refractivity (Wildman–Crippen MR) is 94.3 cm³/mol. The monoisotopic (exact) mass is 326 g/mol. The second-order valence-electron chi connectivity index (χ2n) is 5.80. The molecule has 0 saturated carbocycles. The highest BCUT2D eigenvalue weighted by molar-refractivity contribution is 5.68. The molecule has 4 heteroatoms. The number of hydrogen-bond donors (Lipinski definition) is 1. The number of carbonyl (C=O) groups excluding carboxylic acids is 1. The van der Waals surface area contributed by atoms with Gasteiger partial charge in [-0.3, -0.25) is 10.1 Å². The summed E-state index contributed by atoms with van der Waals surface area (Å²) in [5.41, 5.74) is 0. The molecular weight excluding hydrogens is 292 g/mol. The maximum absolute atomic E-state index is 10.9. The van der Waals surface area contributed by atoms with E-state index >= 15 is 0 Å². The highest BCUT2D eigenvalue weighted by atomic mass is 17.1. The Kier molecular flexibility index (Phi) is 16.4. The molecule has 23 heavy (non-hydrogen) atoms. The molecular formula is C19H34O4. The fourth-order valence-electron chi connectivity index (χ4n) is 2.25. The molecule has 0 spiro atoms. The van der Waals surface area contributed by atoms with Gasteiger partial charge in [-0.2, -0.15) is 0 Å². The Balaban J connectivity index is 3.59. The summed E-state index contributed by atoms with van der Waals surface area (Å²) in [4.78, 5) is 15.4. The van der Waals surface area contributed by atoms with Crippen LogP contribution in [-0.4, -0.2) is 24.4 Å². The van der Waals surface area contributed by atoms with E-state index in [2.05, 4.69) is 34.8 Å². The van der Waals surface area contributed by atoms with Crippen molar-refractivity contribution in [1.82, 2.24) is 0 Å². The number of unbranched alkanes of at least 4 members (excludes halogenated alkanes) is 7. The number of carbonyl (C=O) groups is 1. The van der Waals surface area contributed by atoms with Crippen LogP contribution in [0.4, 0.5) is 0 Å². The molecule has 0 bridgehead atoms. The molecule has 4 nitrogen and oxygen atoms in total. The first kappa shape index (κ1) is 21.9. The van der Waals surface area contributed by atoms with Crippen LogP contribution in [0.25, 0.3) is 0 Å². The number of ether oxygens (including phenoxy) is 1. The fourth-order valence-corrected chi connectivity index (χ4v) is 2.25. The highest BCUT2D eigenvalue weighted by Gasteiger charge is 2.01. The van der Waals surface area contributed by atoms with Crippen molar-refractivity contribution < 1.29 is 19.7 Å². The predicted octanol–water partition coefficient (Wildman–Crippen LogP) is 5.44. The molecule has 134 valence electrons. The van der Waals surface area contributed by atoms with E-state index in [1.54, 1.807) is 0 Å². The standard InChI is InChI=1S/C19H34O4/c1-3-4-5-6-9-12-15-18(23-21)16-13-10-7-8-11-14-17-19(20)22-2/h9,12-13,16,18,21H,3-8,10-11,14-15,17H2,1-2H3. The summed E-state index contributed by atoms with van der Waals surface area (Å²) in [7, 11) is 1.42. The average molecular weight is 326 g/mol. The molecule has 0 aromatic rings. The quantitative estimate of drug-likeness (QED) is 0.143. The Hall–Kier alpha value is -1.13. The third kappa shape index (κ3) is 15.5. The molecule has 0 heterocycles. The molecule has 0 radical (unpaired) electrons. The average Bonchev–Trinajstić information content (AvgIpc) is 2.57. The summed E-state index contributed by atoms with van der Waals surface area (Å²) in [5.74, 6) is -0.129. The van der Waals surface area contributed by atoms with Crippen LogP contribution in [0, 0.1) is 0 Å². The highest BCUT2D eigenvalue weighted by Crippen LogP contribution is 2.08. The van der Waals surface area contributed by atoms with E-state index in [9.17, 15) is 4.79 Å². The van der Waals surface area contributed by atoms with Crippen LogP contribution in [0.1, 0.15) is 77.6 Å². The van der Waals surface area contributed by atoms with E-state index in [0.29, 0.717) is 12.8 Å². The molecule has 0 aromatic carbocycles. The van der Waals surface area contributed by atoms with Crippen molar-refractivity contribution in [1.29, 1.82) is 0 Å². The van der Waals surface area contributed by atoms with Gasteiger partial charge >= 0.3 is 5.97 Å². The van der Waals surface area contributed by atoms with Crippen LogP contribution >= 0.6 is 0 Å². The van der Waals surface area contributed by atoms with Crippen molar-refractivity contribution in [3.8, 4) is 0 Å². The van der Waals surface area contributed by atoms with Crippen LogP contribution in [0.3, 0.4) is 0 Å². The zero-order chi connectivity index (χ0) is 17.2. The lowest BCUT2D eigenvalue weighted by Crippen LogP contribution is -2.05. The van der Waals surface area contributed by atoms with Crippen LogP contribution in [0.5, 0.6) is 0 Å². The first-order valence-electron chi connectivity index (χ1n) is 8.93. The van der Waals surface area contributed by atoms with Gasteiger partial charge < -0.3 is 4.74 Å². The molecule has 0 aromatic heterocycles. The Bertz CT molecular complexity index is 323. The minimum Gasteiger partial charge on any atom is -0.469 e. The number of allylic oxidation sites excluding steroid dienone is 2.